The Balaban J connectivity index is 2.06. The SMILES string of the molecule is CCCOc1cccc(C(=O)N2CCC[C@H](C(=O)O)C2)c1. The first-order valence-corrected chi connectivity index (χ1v) is 7.36. The maximum Gasteiger partial charge on any atom is 0.308 e. The number of carboxylic acids is 1. The highest BCUT2D eigenvalue weighted by atomic mass is 16.5. The van der Waals surface area contributed by atoms with Gasteiger partial charge in [0.2, 0.25) is 0 Å². The van der Waals surface area contributed by atoms with Gasteiger partial charge in [-0.1, -0.05) is 13.0 Å². The van der Waals surface area contributed by atoms with Crippen LogP contribution in [0.4, 0.5) is 0 Å². The molecule has 0 unspecified atom stereocenters. The molecule has 0 aliphatic carbocycles. The predicted octanol–water partition coefficient (Wildman–Crippen LogP) is 2.41. The molecule has 0 bridgehead atoms. The Morgan fingerprint density at radius 2 is 2.24 bits per heavy atom. The van der Waals surface area contributed by atoms with Crippen molar-refractivity contribution >= 4 is 11.9 Å². The van der Waals surface area contributed by atoms with Crippen LogP contribution in [0.25, 0.3) is 0 Å². The van der Waals surface area contributed by atoms with Crippen LogP contribution in [0.3, 0.4) is 0 Å². The first-order chi connectivity index (χ1) is 10.1. The number of hydrogen-bond acceptors (Lipinski definition) is 3. The molecule has 5 heteroatoms. The summed E-state index contributed by atoms with van der Waals surface area (Å²) in [6.07, 6.45) is 2.28. The summed E-state index contributed by atoms with van der Waals surface area (Å²) in [5.41, 5.74) is 0.551. The molecule has 1 fully saturated rings. The molecule has 1 saturated heterocycles. The summed E-state index contributed by atoms with van der Waals surface area (Å²) in [6.45, 7) is 3.54. The lowest BCUT2D eigenvalue weighted by atomic mass is 9.97. The van der Waals surface area contributed by atoms with Crippen LogP contribution in [0.1, 0.15) is 36.5 Å². The number of rotatable bonds is 5. The fraction of sp³-hybridized carbons (Fsp3) is 0.500. The van der Waals surface area contributed by atoms with Gasteiger partial charge in [0, 0.05) is 18.7 Å². The van der Waals surface area contributed by atoms with Crippen LogP contribution in [0.5, 0.6) is 5.75 Å². The predicted molar refractivity (Wildman–Crippen MR) is 78.5 cm³/mol. The molecule has 1 N–H and O–H groups in total. The van der Waals surface area contributed by atoms with Gasteiger partial charge in [0.1, 0.15) is 5.75 Å². The zero-order chi connectivity index (χ0) is 15.2. The third-order valence-electron chi connectivity index (χ3n) is 3.61. The number of amides is 1. The average molecular weight is 291 g/mol. The third-order valence-corrected chi connectivity index (χ3v) is 3.61. The van der Waals surface area contributed by atoms with Gasteiger partial charge in [-0.25, -0.2) is 0 Å². The van der Waals surface area contributed by atoms with Crippen molar-refractivity contribution in [2.45, 2.75) is 26.2 Å². The Kier molecular flexibility index (Phi) is 5.20. The Bertz CT molecular complexity index is 515. The molecule has 0 saturated carbocycles. The summed E-state index contributed by atoms with van der Waals surface area (Å²) in [4.78, 5) is 25.2. The van der Waals surface area contributed by atoms with Gasteiger partial charge in [0.15, 0.2) is 0 Å². The van der Waals surface area contributed by atoms with Gasteiger partial charge >= 0.3 is 5.97 Å². The molecule has 1 heterocycles. The van der Waals surface area contributed by atoms with Crippen molar-refractivity contribution in [3.05, 3.63) is 29.8 Å². The zero-order valence-corrected chi connectivity index (χ0v) is 12.2. The van der Waals surface area contributed by atoms with E-state index in [1.165, 1.54) is 0 Å². The number of likely N-dealkylation sites (tertiary alicyclic amines) is 1. The molecule has 0 aromatic heterocycles. The number of carbonyl (C=O) groups excluding carboxylic acids is 1. The van der Waals surface area contributed by atoms with Gasteiger partial charge in [-0.15, -0.1) is 0 Å². The highest BCUT2D eigenvalue weighted by molar-refractivity contribution is 5.95. The smallest absolute Gasteiger partial charge is 0.308 e. The molecular weight excluding hydrogens is 270 g/mol. The van der Waals surface area contributed by atoms with E-state index in [0.29, 0.717) is 30.9 Å². The molecule has 21 heavy (non-hydrogen) atoms. The van der Waals surface area contributed by atoms with Gasteiger partial charge in [-0.2, -0.15) is 0 Å². The number of carbonyl (C=O) groups is 2. The quantitative estimate of drug-likeness (QED) is 0.904. The Hall–Kier alpha value is -2.04. The molecule has 5 nitrogen and oxygen atoms in total. The maximum atomic E-state index is 12.5. The minimum atomic E-state index is -0.826. The van der Waals surface area contributed by atoms with Gasteiger partial charge in [-0.05, 0) is 37.5 Å². The summed E-state index contributed by atoms with van der Waals surface area (Å²) in [6, 6.07) is 7.08. The molecule has 114 valence electrons. The van der Waals surface area contributed by atoms with Crippen LogP contribution in [-0.4, -0.2) is 41.6 Å². The lowest BCUT2D eigenvalue weighted by Gasteiger charge is -2.30. The standard InChI is InChI=1S/C16H21NO4/c1-2-9-21-14-7-3-5-12(10-14)15(18)17-8-4-6-13(11-17)16(19)20/h3,5,7,10,13H,2,4,6,8-9,11H2,1H3,(H,19,20)/t13-/m0/s1. The zero-order valence-electron chi connectivity index (χ0n) is 12.2. The topological polar surface area (TPSA) is 66.8 Å². The molecule has 1 aromatic rings. The van der Waals surface area contributed by atoms with Crippen LogP contribution >= 0.6 is 0 Å². The normalized spacial score (nSPS) is 18.3. The van der Waals surface area contributed by atoms with Crippen molar-refractivity contribution in [3.8, 4) is 5.75 Å². The largest absolute Gasteiger partial charge is 0.494 e. The lowest BCUT2D eigenvalue weighted by Crippen LogP contribution is -2.42. The van der Waals surface area contributed by atoms with Crippen LogP contribution in [-0.2, 0) is 4.79 Å². The second kappa shape index (κ2) is 7.11. The van der Waals surface area contributed by atoms with E-state index < -0.39 is 11.9 Å². The molecule has 1 aliphatic heterocycles. The van der Waals surface area contributed by atoms with Crippen LogP contribution in [0.15, 0.2) is 24.3 Å². The Labute approximate surface area is 124 Å². The van der Waals surface area contributed by atoms with E-state index in [-0.39, 0.29) is 12.5 Å². The average Bonchev–Trinajstić information content (AvgIpc) is 2.52. The molecular formula is C16H21NO4. The van der Waals surface area contributed by atoms with E-state index in [0.717, 1.165) is 12.8 Å². The van der Waals surface area contributed by atoms with Gasteiger partial charge in [0.05, 0.1) is 12.5 Å². The number of aliphatic carboxylic acids is 1. The molecule has 1 amide bonds. The van der Waals surface area contributed by atoms with E-state index in [2.05, 4.69) is 0 Å². The third kappa shape index (κ3) is 3.97. The minimum absolute atomic E-state index is 0.122. The summed E-state index contributed by atoms with van der Waals surface area (Å²) in [7, 11) is 0. The van der Waals surface area contributed by atoms with E-state index in [4.69, 9.17) is 9.84 Å². The van der Waals surface area contributed by atoms with E-state index in [1.54, 1.807) is 23.1 Å². The van der Waals surface area contributed by atoms with Gasteiger partial charge in [0.25, 0.3) is 5.91 Å². The number of piperidine rings is 1. The van der Waals surface area contributed by atoms with Crippen LogP contribution in [0, 0.1) is 5.92 Å². The second-order valence-electron chi connectivity index (χ2n) is 5.30. The van der Waals surface area contributed by atoms with Crippen molar-refractivity contribution in [3.63, 3.8) is 0 Å². The van der Waals surface area contributed by atoms with Crippen molar-refractivity contribution in [1.82, 2.24) is 4.90 Å². The van der Waals surface area contributed by atoms with Gasteiger partial charge in [-0.3, -0.25) is 9.59 Å². The van der Waals surface area contributed by atoms with E-state index in [1.807, 2.05) is 13.0 Å². The van der Waals surface area contributed by atoms with Crippen molar-refractivity contribution in [2.75, 3.05) is 19.7 Å². The van der Waals surface area contributed by atoms with Crippen LogP contribution in [0.2, 0.25) is 0 Å². The first-order valence-electron chi connectivity index (χ1n) is 7.36. The number of benzene rings is 1. The molecule has 1 aromatic carbocycles. The highest BCUT2D eigenvalue weighted by Gasteiger charge is 2.28. The maximum absolute atomic E-state index is 12.5. The van der Waals surface area contributed by atoms with E-state index in [9.17, 15) is 9.59 Å². The van der Waals surface area contributed by atoms with Crippen molar-refractivity contribution in [2.24, 2.45) is 5.92 Å². The number of ether oxygens (including phenoxy) is 1. The summed E-state index contributed by atoms with van der Waals surface area (Å²) in [5, 5.41) is 9.09. The molecule has 2 rings (SSSR count). The summed E-state index contributed by atoms with van der Waals surface area (Å²) < 4.78 is 5.53. The molecule has 1 aliphatic rings. The summed E-state index contributed by atoms with van der Waals surface area (Å²) in [5.74, 6) is -0.729. The first kappa shape index (κ1) is 15.4. The highest BCUT2D eigenvalue weighted by Crippen LogP contribution is 2.21. The molecule has 1 atom stereocenters. The van der Waals surface area contributed by atoms with Crippen molar-refractivity contribution < 1.29 is 19.4 Å². The number of hydrogen-bond donors (Lipinski definition) is 1. The fourth-order valence-electron chi connectivity index (χ4n) is 2.48. The summed E-state index contributed by atoms with van der Waals surface area (Å²) >= 11 is 0. The van der Waals surface area contributed by atoms with Crippen LogP contribution < -0.4 is 4.74 Å². The Morgan fingerprint density at radius 3 is 2.95 bits per heavy atom. The van der Waals surface area contributed by atoms with E-state index >= 15 is 0 Å². The van der Waals surface area contributed by atoms with Gasteiger partial charge < -0.3 is 14.7 Å². The minimum Gasteiger partial charge on any atom is -0.494 e. The fourth-order valence-corrected chi connectivity index (χ4v) is 2.48. The monoisotopic (exact) mass is 291 g/mol. The lowest BCUT2D eigenvalue weighted by molar-refractivity contribution is -0.143. The number of nitrogens with zero attached hydrogens (tertiary/aromatic N) is 1. The molecule has 0 radical (unpaired) electrons. The van der Waals surface area contributed by atoms with Crippen molar-refractivity contribution in [1.29, 1.82) is 0 Å². The Morgan fingerprint density at radius 1 is 1.43 bits per heavy atom. The number of carboxylic acid groups (broad SMARTS) is 1. The molecule has 0 spiro atoms. The second-order valence-corrected chi connectivity index (χ2v) is 5.30.